The van der Waals surface area contributed by atoms with Crippen molar-refractivity contribution in [2.24, 2.45) is 0 Å². The Balaban J connectivity index is 2.75. The molecule has 4 nitrogen and oxygen atoms in total. The van der Waals surface area contributed by atoms with Gasteiger partial charge in [0.1, 0.15) is 6.04 Å². The number of carboxylic acids is 1. The van der Waals surface area contributed by atoms with Crippen molar-refractivity contribution in [3.63, 3.8) is 0 Å². The van der Waals surface area contributed by atoms with E-state index in [2.05, 4.69) is 5.32 Å². The van der Waals surface area contributed by atoms with E-state index < -0.39 is 12.0 Å². The van der Waals surface area contributed by atoms with E-state index in [1.165, 1.54) is 6.92 Å². The van der Waals surface area contributed by atoms with Crippen LogP contribution in [0.2, 0.25) is 0 Å². The van der Waals surface area contributed by atoms with Crippen LogP contribution in [-0.2, 0) is 11.2 Å². The molecular weight excluding hydrogens is 230 g/mol. The van der Waals surface area contributed by atoms with E-state index in [1.54, 1.807) is 24.3 Å². The van der Waals surface area contributed by atoms with E-state index in [0.717, 1.165) is 5.56 Å². The van der Waals surface area contributed by atoms with Gasteiger partial charge in [0.05, 0.1) is 0 Å². The molecule has 2 N–H and O–H groups in total. The minimum absolute atomic E-state index is 0.0108. The third-order valence-electron chi connectivity index (χ3n) is 2.63. The van der Waals surface area contributed by atoms with Crippen LogP contribution in [0.25, 0.3) is 0 Å². The molecule has 18 heavy (non-hydrogen) atoms. The smallest absolute Gasteiger partial charge is 0.321 e. The Morgan fingerprint density at radius 3 is 2.17 bits per heavy atom. The summed E-state index contributed by atoms with van der Waals surface area (Å²) >= 11 is 0. The summed E-state index contributed by atoms with van der Waals surface area (Å²) < 4.78 is 0. The highest BCUT2D eigenvalue weighted by molar-refractivity contribution is 5.94. The van der Waals surface area contributed by atoms with Gasteiger partial charge in [0.15, 0.2) is 5.78 Å². The fourth-order valence-electron chi connectivity index (χ4n) is 1.73. The van der Waals surface area contributed by atoms with Crippen molar-refractivity contribution in [1.82, 2.24) is 5.32 Å². The van der Waals surface area contributed by atoms with Gasteiger partial charge in [0, 0.05) is 11.6 Å². The van der Waals surface area contributed by atoms with E-state index in [1.807, 2.05) is 13.8 Å². The van der Waals surface area contributed by atoms with Crippen LogP contribution in [0.4, 0.5) is 0 Å². The lowest BCUT2D eigenvalue weighted by molar-refractivity contribution is -0.139. The predicted molar refractivity (Wildman–Crippen MR) is 69.8 cm³/mol. The summed E-state index contributed by atoms with van der Waals surface area (Å²) in [6.45, 7) is 5.33. The van der Waals surface area contributed by atoms with Crippen LogP contribution in [-0.4, -0.2) is 28.9 Å². The van der Waals surface area contributed by atoms with Gasteiger partial charge in [-0.1, -0.05) is 38.1 Å². The largest absolute Gasteiger partial charge is 0.480 e. The maximum atomic E-state index is 11.1. The standard InChI is InChI=1S/C14H19NO3/c1-9(2)15-13(14(17)18)8-11-4-6-12(7-5-11)10(3)16/h4-7,9,13,15H,8H2,1-3H3,(H,17,18). The summed E-state index contributed by atoms with van der Waals surface area (Å²) in [4.78, 5) is 22.2. The van der Waals surface area contributed by atoms with Crippen molar-refractivity contribution < 1.29 is 14.7 Å². The van der Waals surface area contributed by atoms with Crippen LogP contribution in [0.1, 0.15) is 36.7 Å². The lowest BCUT2D eigenvalue weighted by Crippen LogP contribution is -2.42. The first-order chi connectivity index (χ1) is 8.40. The summed E-state index contributed by atoms with van der Waals surface area (Å²) in [7, 11) is 0. The Hall–Kier alpha value is -1.68. The average molecular weight is 249 g/mol. The highest BCUT2D eigenvalue weighted by atomic mass is 16.4. The zero-order chi connectivity index (χ0) is 13.7. The first kappa shape index (κ1) is 14.4. The summed E-state index contributed by atoms with van der Waals surface area (Å²) in [6.07, 6.45) is 0.408. The number of ketones is 1. The van der Waals surface area contributed by atoms with Gasteiger partial charge in [0.25, 0.3) is 0 Å². The number of aliphatic carboxylic acids is 1. The number of hydrogen-bond acceptors (Lipinski definition) is 3. The number of carbonyl (C=O) groups is 2. The summed E-state index contributed by atoms with van der Waals surface area (Å²) in [5, 5.41) is 12.1. The maximum absolute atomic E-state index is 11.1. The van der Waals surface area contributed by atoms with E-state index >= 15 is 0 Å². The summed E-state index contributed by atoms with van der Waals surface area (Å²) in [5.74, 6) is -0.851. The molecule has 1 aromatic rings. The van der Waals surface area contributed by atoms with Crippen molar-refractivity contribution in [3.05, 3.63) is 35.4 Å². The zero-order valence-electron chi connectivity index (χ0n) is 10.9. The van der Waals surface area contributed by atoms with Gasteiger partial charge in [0.2, 0.25) is 0 Å². The minimum atomic E-state index is -0.862. The Kier molecular flexibility index (Phi) is 5.04. The molecule has 1 unspecified atom stereocenters. The second-order valence-electron chi connectivity index (χ2n) is 4.67. The van der Waals surface area contributed by atoms with Gasteiger partial charge in [-0.05, 0) is 18.9 Å². The first-order valence-electron chi connectivity index (χ1n) is 5.99. The van der Waals surface area contributed by atoms with E-state index in [-0.39, 0.29) is 11.8 Å². The Morgan fingerprint density at radius 2 is 1.78 bits per heavy atom. The molecule has 1 rings (SSSR count). The molecule has 0 heterocycles. The fourth-order valence-corrected chi connectivity index (χ4v) is 1.73. The normalized spacial score (nSPS) is 12.4. The van der Waals surface area contributed by atoms with Crippen LogP contribution >= 0.6 is 0 Å². The third kappa shape index (κ3) is 4.30. The number of rotatable bonds is 6. The maximum Gasteiger partial charge on any atom is 0.321 e. The molecule has 1 aromatic carbocycles. The second kappa shape index (κ2) is 6.31. The van der Waals surface area contributed by atoms with Crippen LogP contribution in [0.15, 0.2) is 24.3 Å². The lowest BCUT2D eigenvalue weighted by Gasteiger charge is -2.17. The topological polar surface area (TPSA) is 66.4 Å². The van der Waals surface area contributed by atoms with Crippen LogP contribution < -0.4 is 5.32 Å². The van der Waals surface area contributed by atoms with Crippen LogP contribution in [0.3, 0.4) is 0 Å². The summed E-state index contributed by atoms with van der Waals surface area (Å²) in [5.41, 5.74) is 1.54. The number of nitrogens with one attached hydrogen (secondary N) is 1. The monoisotopic (exact) mass is 249 g/mol. The molecule has 0 aliphatic carbocycles. The summed E-state index contributed by atoms with van der Waals surface area (Å²) in [6, 6.07) is 6.57. The lowest BCUT2D eigenvalue weighted by atomic mass is 10.0. The van der Waals surface area contributed by atoms with Crippen LogP contribution in [0, 0.1) is 0 Å². The predicted octanol–water partition coefficient (Wildman–Crippen LogP) is 1.88. The molecule has 0 aliphatic heterocycles. The van der Waals surface area contributed by atoms with E-state index in [4.69, 9.17) is 5.11 Å². The SMILES string of the molecule is CC(=O)c1ccc(CC(NC(C)C)C(=O)O)cc1. The van der Waals surface area contributed by atoms with Crippen molar-refractivity contribution in [1.29, 1.82) is 0 Å². The van der Waals surface area contributed by atoms with Gasteiger partial charge in [-0.3, -0.25) is 9.59 Å². The highest BCUT2D eigenvalue weighted by Crippen LogP contribution is 2.08. The van der Waals surface area contributed by atoms with Gasteiger partial charge < -0.3 is 10.4 Å². The Bertz CT molecular complexity index is 423. The average Bonchev–Trinajstić information content (AvgIpc) is 2.28. The van der Waals surface area contributed by atoms with Gasteiger partial charge >= 0.3 is 5.97 Å². The molecule has 0 aromatic heterocycles. The molecule has 0 bridgehead atoms. The fraction of sp³-hybridized carbons (Fsp3) is 0.429. The van der Waals surface area contributed by atoms with E-state index in [9.17, 15) is 9.59 Å². The molecule has 0 fully saturated rings. The number of benzene rings is 1. The molecule has 0 saturated heterocycles. The molecule has 0 spiro atoms. The minimum Gasteiger partial charge on any atom is -0.480 e. The molecule has 0 radical (unpaired) electrons. The van der Waals surface area contributed by atoms with Crippen molar-refractivity contribution in [3.8, 4) is 0 Å². The molecule has 4 heteroatoms. The zero-order valence-corrected chi connectivity index (χ0v) is 10.9. The van der Waals surface area contributed by atoms with Gasteiger partial charge in [-0.15, -0.1) is 0 Å². The molecule has 0 aliphatic rings. The number of Topliss-reactive ketones (excluding diaryl/α,β-unsaturated/α-hetero) is 1. The third-order valence-corrected chi connectivity index (χ3v) is 2.63. The van der Waals surface area contributed by atoms with Crippen molar-refractivity contribution in [2.75, 3.05) is 0 Å². The number of carboxylic acid groups (broad SMARTS) is 1. The van der Waals surface area contributed by atoms with Crippen LogP contribution in [0.5, 0.6) is 0 Å². The molecule has 0 saturated carbocycles. The van der Waals surface area contributed by atoms with Crippen molar-refractivity contribution in [2.45, 2.75) is 39.3 Å². The molecule has 1 atom stereocenters. The van der Waals surface area contributed by atoms with E-state index in [0.29, 0.717) is 12.0 Å². The quantitative estimate of drug-likeness (QED) is 0.755. The highest BCUT2D eigenvalue weighted by Gasteiger charge is 2.18. The molecule has 98 valence electrons. The van der Waals surface area contributed by atoms with Crippen molar-refractivity contribution >= 4 is 11.8 Å². The number of hydrogen-bond donors (Lipinski definition) is 2. The Labute approximate surface area is 107 Å². The van der Waals surface area contributed by atoms with Gasteiger partial charge in [-0.25, -0.2) is 0 Å². The molecule has 0 amide bonds. The number of carbonyl (C=O) groups excluding carboxylic acids is 1. The molecular formula is C14H19NO3. The van der Waals surface area contributed by atoms with Gasteiger partial charge in [-0.2, -0.15) is 0 Å². The first-order valence-corrected chi connectivity index (χ1v) is 5.99. The second-order valence-corrected chi connectivity index (χ2v) is 4.67. The Morgan fingerprint density at radius 1 is 1.22 bits per heavy atom.